The molecule has 5 heteroatoms. The van der Waals surface area contributed by atoms with Crippen molar-refractivity contribution in [3.63, 3.8) is 0 Å². The zero-order chi connectivity index (χ0) is 19.2. The van der Waals surface area contributed by atoms with Gasteiger partial charge < -0.3 is 10.1 Å². The number of carbonyl (C=O) groups is 1. The molecule has 0 unspecified atom stereocenters. The second-order valence-corrected chi connectivity index (χ2v) is 7.42. The number of amidine groups is 1. The number of hydrogen-bond donors (Lipinski definition) is 1. The Balaban J connectivity index is 1.76. The van der Waals surface area contributed by atoms with Gasteiger partial charge in [0.15, 0.2) is 5.17 Å². The third-order valence-electron chi connectivity index (χ3n) is 4.48. The number of aryl methyl sites for hydroxylation is 1. The van der Waals surface area contributed by atoms with Crippen LogP contribution < -0.4 is 10.1 Å². The van der Waals surface area contributed by atoms with Crippen LogP contribution in [0.5, 0.6) is 5.75 Å². The number of ether oxygens (including phenoxy) is 1. The van der Waals surface area contributed by atoms with Gasteiger partial charge in [0.2, 0.25) is 0 Å². The third kappa shape index (κ3) is 4.80. The smallest absolute Gasteiger partial charge is 0.264 e. The van der Waals surface area contributed by atoms with Crippen LogP contribution in [-0.2, 0) is 11.2 Å². The van der Waals surface area contributed by atoms with Crippen LogP contribution in [0, 0.1) is 0 Å². The van der Waals surface area contributed by atoms with Crippen molar-refractivity contribution in [2.75, 3.05) is 7.11 Å². The summed E-state index contributed by atoms with van der Waals surface area (Å²) in [5, 5.41) is 3.48. The lowest BCUT2D eigenvalue weighted by Crippen LogP contribution is -2.19. The maximum atomic E-state index is 12.4. The number of hydrogen-bond acceptors (Lipinski definition) is 4. The number of carbonyl (C=O) groups excluding carboxylic acids is 1. The van der Waals surface area contributed by atoms with E-state index in [9.17, 15) is 4.79 Å². The number of allylic oxidation sites excluding steroid dienone is 1. The van der Waals surface area contributed by atoms with Crippen molar-refractivity contribution >= 4 is 34.1 Å². The highest BCUT2D eigenvalue weighted by Crippen LogP contribution is 2.33. The van der Waals surface area contributed by atoms with Gasteiger partial charge in [0, 0.05) is 0 Å². The fourth-order valence-corrected chi connectivity index (χ4v) is 3.73. The third-order valence-corrected chi connectivity index (χ3v) is 5.56. The van der Waals surface area contributed by atoms with E-state index in [0.29, 0.717) is 10.1 Å². The molecule has 0 radical (unpaired) electrons. The lowest BCUT2D eigenvalue weighted by molar-refractivity contribution is -0.115. The van der Waals surface area contributed by atoms with Crippen LogP contribution in [-0.4, -0.2) is 18.2 Å². The predicted octanol–water partition coefficient (Wildman–Crippen LogP) is 5.32. The van der Waals surface area contributed by atoms with E-state index in [1.54, 1.807) is 7.11 Å². The molecular weight excluding hydrogens is 356 g/mol. The number of unbranched alkanes of at least 4 members (excludes halogenated alkanes) is 1. The summed E-state index contributed by atoms with van der Waals surface area (Å²) in [5.74, 6) is 0.691. The highest BCUT2D eigenvalue weighted by atomic mass is 32.2. The standard InChI is InChI=1S/C22H24N2O2S/c1-4-5-6-16-7-11-18(12-8-16)23-22-24-21(25)20(27-22)15(2)17-9-13-19(26-3)14-10-17/h7-14H,4-6H2,1-3H3,(H,23,24,25)/b20-15-. The first-order valence-electron chi connectivity index (χ1n) is 9.13. The fourth-order valence-electron chi connectivity index (χ4n) is 2.83. The summed E-state index contributed by atoms with van der Waals surface area (Å²) in [5.41, 5.74) is 4.09. The number of aliphatic imine (C=N–C) groups is 1. The number of thioether (sulfide) groups is 1. The summed E-state index contributed by atoms with van der Waals surface area (Å²) in [7, 11) is 1.64. The predicted molar refractivity (Wildman–Crippen MR) is 113 cm³/mol. The SMILES string of the molecule is CCCCc1ccc(N=C2NC(=O)/C(=C(\C)c3ccc(OC)cc3)S2)cc1. The lowest BCUT2D eigenvalue weighted by atomic mass is 10.1. The summed E-state index contributed by atoms with van der Waals surface area (Å²) < 4.78 is 5.19. The van der Waals surface area contributed by atoms with Crippen molar-refractivity contribution in [2.45, 2.75) is 33.1 Å². The van der Waals surface area contributed by atoms with Crippen LogP contribution in [0.25, 0.3) is 5.57 Å². The summed E-state index contributed by atoms with van der Waals surface area (Å²) in [6, 6.07) is 15.9. The van der Waals surface area contributed by atoms with Gasteiger partial charge in [0.25, 0.3) is 5.91 Å². The molecule has 4 nitrogen and oxygen atoms in total. The molecular formula is C22H24N2O2S. The normalized spacial score (nSPS) is 17.1. The monoisotopic (exact) mass is 380 g/mol. The maximum absolute atomic E-state index is 12.4. The van der Waals surface area contributed by atoms with E-state index in [2.05, 4.69) is 29.4 Å². The molecule has 2 aromatic carbocycles. The number of nitrogens with zero attached hydrogens (tertiary/aromatic N) is 1. The molecule has 140 valence electrons. The van der Waals surface area contributed by atoms with Crippen molar-refractivity contribution in [1.29, 1.82) is 0 Å². The Hall–Kier alpha value is -2.53. The summed E-state index contributed by atoms with van der Waals surface area (Å²) in [4.78, 5) is 17.6. The molecule has 0 aromatic heterocycles. The molecule has 27 heavy (non-hydrogen) atoms. The minimum absolute atomic E-state index is 0.105. The fraction of sp³-hybridized carbons (Fsp3) is 0.273. The van der Waals surface area contributed by atoms with E-state index in [0.717, 1.165) is 29.0 Å². The van der Waals surface area contributed by atoms with E-state index in [1.807, 2.05) is 43.3 Å². The van der Waals surface area contributed by atoms with Crippen LogP contribution in [0.4, 0.5) is 5.69 Å². The number of rotatable bonds is 6. The number of methoxy groups -OCH3 is 1. The average Bonchev–Trinajstić information content (AvgIpc) is 3.07. The van der Waals surface area contributed by atoms with Gasteiger partial charge in [0.1, 0.15) is 5.75 Å². The van der Waals surface area contributed by atoms with Gasteiger partial charge >= 0.3 is 0 Å². The van der Waals surface area contributed by atoms with Crippen LogP contribution in [0.1, 0.15) is 37.8 Å². The van der Waals surface area contributed by atoms with Gasteiger partial charge in [0.05, 0.1) is 17.7 Å². The number of nitrogens with one attached hydrogen (secondary N) is 1. The molecule has 0 saturated carbocycles. The first-order valence-corrected chi connectivity index (χ1v) is 9.94. The Bertz CT molecular complexity index is 868. The van der Waals surface area contributed by atoms with E-state index in [-0.39, 0.29) is 5.91 Å². The van der Waals surface area contributed by atoms with Gasteiger partial charge in [-0.1, -0.05) is 37.6 Å². The van der Waals surface area contributed by atoms with Crippen LogP contribution in [0.3, 0.4) is 0 Å². The minimum atomic E-state index is -0.105. The van der Waals surface area contributed by atoms with Crippen molar-refractivity contribution < 1.29 is 9.53 Å². The molecule has 0 bridgehead atoms. The molecule has 0 spiro atoms. The van der Waals surface area contributed by atoms with Gasteiger partial charge in [-0.15, -0.1) is 0 Å². The lowest BCUT2D eigenvalue weighted by Gasteiger charge is -2.05. The summed E-state index contributed by atoms with van der Waals surface area (Å²) in [6.45, 7) is 4.15. The van der Waals surface area contributed by atoms with Gasteiger partial charge in [-0.25, -0.2) is 4.99 Å². The van der Waals surface area contributed by atoms with E-state index < -0.39 is 0 Å². The first-order chi connectivity index (χ1) is 13.1. The molecule has 2 aromatic rings. The Morgan fingerprint density at radius 3 is 2.44 bits per heavy atom. The first kappa shape index (κ1) is 19.2. The van der Waals surface area contributed by atoms with Crippen molar-refractivity contribution in [2.24, 2.45) is 4.99 Å². The Morgan fingerprint density at radius 2 is 1.81 bits per heavy atom. The molecule has 3 rings (SSSR count). The molecule has 1 N–H and O–H groups in total. The molecule has 1 heterocycles. The number of amides is 1. The summed E-state index contributed by atoms with van der Waals surface area (Å²) >= 11 is 1.38. The topological polar surface area (TPSA) is 50.7 Å². The van der Waals surface area contributed by atoms with E-state index in [1.165, 1.54) is 30.2 Å². The second kappa shape index (κ2) is 8.91. The second-order valence-electron chi connectivity index (χ2n) is 6.43. The molecule has 1 fully saturated rings. The highest BCUT2D eigenvalue weighted by molar-refractivity contribution is 8.18. The zero-order valence-corrected chi connectivity index (χ0v) is 16.7. The van der Waals surface area contributed by atoms with E-state index >= 15 is 0 Å². The number of benzene rings is 2. The maximum Gasteiger partial charge on any atom is 0.264 e. The molecule has 0 atom stereocenters. The van der Waals surface area contributed by atoms with Gasteiger partial charge in [-0.3, -0.25) is 4.79 Å². The van der Waals surface area contributed by atoms with E-state index in [4.69, 9.17) is 4.74 Å². The molecule has 1 aliphatic heterocycles. The molecule has 0 aliphatic carbocycles. The summed E-state index contributed by atoms with van der Waals surface area (Å²) in [6.07, 6.45) is 3.47. The van der Waals surface area contributed by atoms with Crippen LogP contribution >= 0.6 is 11.8 Å². The zero-order valence-electron chi connectivity index (χ0n) is 15.9. The molecule has 1 aliphatic rings. The Kier molecular flexibility index (Phi) is 6.35. The van der Waals surface area contributed by atoms with Crippen molar-refractivity contribution in [1.82, 2.24) is 5.32 Å². The van der Waals surface area contributed by atoms with Crippen LogP contribution in [0.15, 0.2) is 58.4 Å². The Labute approximate surface area is 164 Å². The molecule has 1 amide bonds. The molecule has 1 saturated heterocycles. The average molecular weight is 381 g/mol. The minimum Gasteiger partial charge on any atom is -0.497 e. The largest absolute Gasteiger partial charge is 0.497 e. The van der Waals surface area contributed by atoms with Gasteiger partial charge in [-0.2, -0.15) is 0 Å². The van der Waals surface area contributed by atoms with Gasteiger partial charge in [-0.05, 0) is 72.5 Å². The van der Waals surface area contributed by atoms with Crippen molar-refractivity contribution in [3.8, 4) is 5.75 Å². The van der Waals surface area contributed by atoms with Crippen molar-refractivity contribution in [3.05, 3.63) is 64.6 Å². The highest BCUT2D eigenvalue weighted by Gasteiger charge is 2.26. The van der Waals surface area contributed by atoms with Crippen LogP contribution in [0.2, 0.25) is 0 Å². The Morgan fingerprint density at radius 1 is 1.11 bits per heavy atom. The quantitative estimate of drug-likeness (QED) is 0.690.